The normalized spacial score (nSPS) is 25.8. The van der Waals surface area contributed by atoms with Gasteiger partial charge < -0.3 is 14.8 Å². The van der Waals surface area contributed by atoms with Crippen LogP contribution in [0.3, 0.4) is 0 Å². The molecule has 6 nitrogen and oxygen atoms in total. The SMILES string of the molecule is CC(=O)O[C@H]1[C@@H](OC(C)=O)CCCC[C@H]1NC(=O)C(Cl)(Cl)Cl. The molecule has 1 N–H and O–H groups in total. The minimum absolute atomic E-state index is 0.490. The van der Waals surface area contributed by atoms with Crippen LogP contribution in [-0.4, -0.2) is 39.9 Å². The number of alkyl halides is 3. The summed E-state index contributed by atoms with van der Waals surface area (Å²) in [5.41, 5.74) is 0. The molecule has 0 aromatic rings. The molecule has 1 saturated carbocycles. The van der Waals surface area contributed by atoms with E-state index >= 15 is 0 Å². The monoisotopic (exact) mass is 373 g/mol. The van der Waals surface area contributed by atoms with Gasteiger partial charge in [0.25, 0.3) is 9.70 Å². The molecule has 0 radical (unpaired) electrons. The van der Waals surface area contributed by atoms with Gasteiger partial charge in [0.15, 0.2) is 6.10 Å². The number of amides is 1. The highest BCUT2D eigenvalue weighted by Gasteiger charge is 2.40. The Morgan fingerprint density at radius 2 is 1.55 bits per heavy atom. The fraction of sp³-hybridized carbons (Fsp3) is 0.769. The summed E-state index contributed by atoms with van der Waals surface area (Å²) in [5.74, 6) is -1.85. The number of nitrogens with one attached hydrogen (secondary N) is 1. The van der Waals surface area contributed by atoms with E-state index in [1.165, 1.54) is 13.8 Å². The predicted octanol–water partition coefficient (Wildman–Crippen LogP) is 2.28. The largest absolute Gasteiger partial charge is 0.459 e. The molecule has 22 heavy (non-hydrogen) atoms. The molecule has 0 aromatic heterocycles. The summed E-state index contributed by atoms with van der Waals surface area (Å²) in [5, 5.41) is 2.55. The molecule has 0 aromatic carbocycles. The Morgan fingerprint density at radius 1 is 1.00 bits per heavy atom. The maximum Gasteiger partial charge on any atom is 0.303 e. The molecule has 1 aliphatic carbocycles. The molecule has 9 heteroatoms. The summed E-state index contributed by atoms with van der Waals surface area (Å²) in [7, 11) is 0. The van der Waals surface area contributed by atoms with Gasteiger partial charge in [-0.3, -0.25) is 14.4 Å². The van der Waals surface area contributed by atoms with Crippen LogP contribution in [0.5, 0.6) is 0 Å². The van der Waals surface area contributed by atoms with Gasteiger partial charge in [-0.1, -0.05) is 41.2 Å². The van der Waals surface area contributed by atoms with Crippen molar-refractivity contribution >= 4 is 52.6 Å². The van der Waals surface area contributed by atoms with Crippen LogP contribution in [0.25, 0.3) is 0 Å². The minimum atomic E-state index is -2.12. The Hall–Kier alpha value is -0.720. The molecule has 0 bridgehead atoms. The second-order valence-electron chi connectivity index (χ2n) is 5.08. The van der Waals surface area contributed by atoms with Crippen molar-refractivity contribution in [3.05, 3.63) is 0 Å². The minimum Gasteiger partial charge on any atom is -0.459 e. The summed E-state index contributed by atoms with van der Waals surface area (Å²) in [6.45, 7) is 2.51. The molecule has 0 heterocycles. The van der Waals surface area contributed by atoms with E-state index in [4.69, 9.17) is 44.3 Å². The van der Waals surface area contributed by atoms with Crippen LogP contribution >= 0.6 is 34.8 Å². The summed E-state index contributed by atoms with van der Waals surface area (Å²) >= 11 is 16.6. The van der Waals surface area contributed by atoms with Gasteiger partial charge in [-0.25, -0.2) is 0 Å². The Bertz CT molecular complexity index is 438. The summed E-state index contributed by atoms with van der Waals surface area (Å²) in [6, 6.07) is -0.598. The van der Waals surface area contributed by atoms with E-state index in [0.29, 0.717) is 12.8 Å². The van der Waals surface area contributed by atoms with Gasteiger partial charge in [-0.2, -0.15) is 0 Å². The second kappa shape index (κ2) is 8.22. The Kier molecular flexibility index (Phi) is 7.22. The van der Waals surface area contributed by atoms with E-state index < -0.39 is 39.9 Å². The summed E-state index contributed by atoms with van der Waals surface area (Å²) in [4.78, 5) is 34.4. The molecular formula is C13H18Cl3NO5. The van der Waals surface area contributed by atoms with Crippen LogP contribution in [0.2, 0.25) is 0 Å². The van der Waals surface area contributed by atoms with Crippen LogP contribution in [-0.2, 0) is 23.9 Å². The molecule has 1 fully saturated rings. The number of ether oxygens (including phenoxy) is 2. The quantitative estimate of drug-likeness (QED) is 0.465. The summed E-state index contributed by atoms with van der Waals surface area (Å²) in [6.07, 6.45) is 1.08. The Balaban J connectivity index is 2.95. The number of hydrogen-bond donors (Lipinski definition) is 1. The van der Waals surface area contributed by atoms with Crippen molar-refractivity contribution < 1.29 is 23.9 Å². The predicted molar refractivity (Wildman–Crippen MR) is 81.8 cm³/mol. The van der Waals surface area contributed by atoms with E-state index in [0.717, 1.165) is 12.8 Å². The van der Waals surface area contributed by atoms with Crippen molar-refractivity contribution in [1.29, 1.82) is 0 Å². The van der Waals surface area contributed by atoms with Gasteiger partial charge in [0, 0.05) is 13.8 Å². The third-order valence-electron chi connectivity index (χ3n) is 3.21. The first kappa shape index (κ1) is 19.3. The molecule has 1 rings (SSSR count). The fourth-order valence-corrected chi connectivity index (χ4v) is 2.55. The Labute approximate surface area is 143 Å². The zero-order valence-corrected chi connectivity index (χ0v) is 14.5. The first-order valence-electron chi connectivity index (χ1n) is 6.83. The first-order valence-corrected chi connectivity index (χ1v) is 7.96. The van der Waals surface area contributed by atoms with Gasteiger partial charge in [0.1, 0.15) is 6.10 Å². The lowest BCUT2D eigenvalue weighted by Gasteiger charge is -2.31. The molecule has 1 aliphatic rings. The molecule has 0 spiro atoms. The van der Waals surface area contributed by atoms with Crippen molar-refractivity contribution in [2.24, 2.45) is 0 Å². The van der Waals surface area contributed by atoms with E-state index in [2.05, 4.69) is 5.32 Å². The van der Waals surface area contributed by atoms with E-state index in [-0.39, 0.29) is 0 Å². The lowest BCUT2D eigenvalue weighted by molar-refractivity contribution is -0.168. The third-order valence-corrected chi connectivity index (χ3v) is 3.73. The van der Waals surface area contributed by atoms with E-state index in [1.807, 2.05) is 0 Å². The summed E-state index contributed by atoms with van der Waals surface area (Å²) < 4.78 is 8.35. The molecule has 3 atom stereocenters. The molecular weight excluding hydrogens is 357 g/mol. The van der Waals surface area contributed by atoms with Crippen LogP contribution in [0.1, 0.15) is 39.5 Å². The average Bonchev–Trinajstić information content (AvgIpc) is 2.52. The van der Waals surface area contributed by atoms with Crippen LogP contribution in [0.15, 0.2) is 0 Å². The zero-order valence-electron chi connectivity index (χ0n) is 12.2. The molecule has 126 valence electrons. The average molecular weight is 375 g/mol. The maximum atomic E-state index is 11.9. The van der Waals surface area contributed by atoms with E-state index in [9.17, 15) is 14.4 Å². The zero-order chi connectivity index (χ0) is 16.9. The number of rotatable bonds is 3. The van der Waals surface area contributed by atoms with Crippen LogP contribution in [0, 0.1) is 0 Å². The highest BCUT2D eigenvalue weighted by Crippen LogP contribution is 2.29. The number of carbonyl (C=O) groups excluding carboxylic acids is 3. The standard InChI is InChI=1S/C13H18Cl3NO5/c1-7(18)21-10-6-4-3-5-9(11(10)22-8(2)19)17-12(20)13(14,15)16/h9-11H,3-6H2,1-2H3,(H,17,20)/t9-,10+,11-/m1/s1. The van der Waals surface area contributed by atoms with Crippen LogP contribution in [0.4, 0.5) is 0 Å². The van der Waals surface area contributed by atoms with Crippen molar-refractivity contribution in [3.8, 4) is 0 Å². The first-order chi connectivity index (χ1) is 10.1. The number of carbonyl (C=O) groups is 3. The van der Waals surface area contributed by atoms with E-state index in [1.54, 1.807) is 0 Å². The number of halogens is 3. The van der Waals surface area contributed by atoms with Crippen molar-refractivity contribution in [2.45, 2.75) is 61.6 Å². The van der Waals surface area contributed by atoms with Gasteiger partial charge in [0.05, 0.1) is 6.04 Å². The van der Waals surface area contributed by atoms with Crippen molar-refractivity contribution in [3.63, 3.8) is 0 Å². The molecule has 1 amide bonds. The smallest absolute Gasteiger partial charge is 0.303 e. The maximum absolute atomic E-state index is 11.9. The van der Waals surface area contributed by atoms with Gasteiger partial charge in [-0.15, -0.1) is 0 Å². The molecule has 0 saturated heterocycles. The fourth-order valence-electron chi connectivity index (χ4n) is 2.39. The van der Waals surface area contributed by atoms with Crippen molar-refractivity contribution in [1.82, 2.24) is 5.32 Å². The lowest BCUT2D eigenvalue weighted by atomic mass is 10.0. The molecule has 0 aliphatic heterocycles. The number of esters is 2. The van der Waals surface area contributed by atoms with Crippen molar-refractivity contribution in [2.75, 3.05) is 0 Å². The van der Waals surface area contributed by atoms with Gasteiger partial charge >= 0.3 is 11.9 Å². The topological polar surface area (TPSA) is 81.7 Å². The second-order valence-corrected chi connectivity index (χ2v) is 7.37. The van der Waals surface area contributed by atoms with Gasteiger partial charge in [0.2, 0.25) is 0 Å². The van der Waals surface area contributed by atoms with Gasteiger partial charge in [-0.05, 0) is 19.3 Å². The lowest BCUT2D eigenvalue weighted by Crippen LogP contribution is -2.52. The third kappa shape index (κ3) is 6.18. The highest BCUT2D eigenvalue weighted by atomic mass is 35.6. The highest BCUT2D eigenvalue weighted by molar-refractivity contribution is 6.76. The van der Waals surface area contributed by atoms with Crippen LogP contribution < -0.4 is 5.32 Å². The molecule has 0 unspecified atom stereocenters. The Morgan fingerprint density at radius 3 is 2.05 bits per heavy atom. The number of hydrogen-bond acceptors (Lipinski definition) is 5.